The van der Waals surface area contributed by atoms with Crippen molar-refractivity contribution < 1.29 is 13.9 Å². The molecule has 0 radical (unpaired) electrons. The fourth-order valence-electron chi connectivity index (χ4n) is 3.13. The van der Waals surface area contributed by atoms with Gasteiger partial charge in [0.25, 0.3) is 5.91 Å². The monoisotopic (exact) mass is 359 g/mol. The van der Waals surface area contributed by atoms with Gasteiger partial charge < -0.3 is 14.5 Å². The lowest BCUT2D eigenvalue weighted by Gasteiger charge is -2.10. The fraction of sp³-hybridized carbons (Fsp3) is 0.174. The van der Waals surface area contributed by atoms with Gasteiger partial charge in [-0.05, 0) is 54.4 Å². The van der Waals surface area contributed by atoms with Gasteiger partial charge in [0.2, 0.25) is 0 Å². The van der Waals surface area contributed by atoms with Gasteiger partial charge in [0.1, 0.15) is 11.3 Å². The highest BCUT2D eigenvalue weighted by atomic mass is 16.5. The molecule has 4 aromatic rings. The first-order valence-electron chi connectivity index (χ1n) is 9.05. The van der Waals surface area contributed by atoms with E-state index in [-0.39, 0.29) is 12.0 Å². The van der Waals surface area contributed by atoms with Crippen LogP contribution in [0.15, 0.2) is 71.1 Å². The van der Waals surface area contributed by atoms with Crippen LogP contribution in [0.5, 0.6) is 5.75 Å². The molecule has 27 heavy (non-hydrogen) atoms. The number of carbonyl (C=O) groups excluding carboxylic acids is 1. The van der Waals surface area contributed by atoms with E-state index in [9.17, 15) is 4.79 Å². The predicted octanol–water partition coefficient (Wildman–Crippen LogP) is 5.30. The predicted molar refractivity (Wildman–Crippen MR) is 107 cm³/mol. The summed E-state index contributed by atoms with van der Waals surface area (Å²) in [7, 11) is 0. The van der Waals surface area contributed by atoms with E-state index in [2.05, 4.69) is 5.32 Å². The number of ether oxygens (including phenoxy) is 1. The molecule has 1 heterocycles. The topological polar surface area (TPSA) is 51.5 Å². The van der Waals surface area contributed by atoms with Crippen LogP contribution in [0.1, 0.15) is 30.0 Å². The summed E-state index contributed by atoms with van der Waals surface area (Å²) in [6, 6.07) is 21.5. The molecule has 4 heteroatoms. The standard InChI is InChI=1S/C23H21NO3/c1-15(2)26-18-10-7-16(8-11-18)14-24-23(25)22-13-20-19-6-4-3-5-17(19)9-12-21(20)27-22/h3-13,15H,14H2,1-2H3,(H,24,25). The van der Waals surface area contributed by atoms with E-state index in [1.54, 1.807) is 0 Å². The molecule has 0 spiro atoms. The second-order valence-corrected chi connectivity index (χ2v) is 6.80. The molecular formula is C23H21NO3. The summed E-state index contributed by atoms with van der Waals surface area (Å²) in [6.45, 7) is 4.41. The van der Waals surface area contributed by atoms with Crippen molar-refractivity contribution in [3.05, 3.63) is 78.1 Å². The molecule has 0 saturated heterocycles. The molecule has 0 aliphatic rings. The second-order valence-electron chi connectivity index (χ2n) is 6.80. The molecule has 136 valence electrons. The van der Waals surface area contributed by atoms with Crippen LogP contribution in [0.25, 0.3) is 21.7 Å². The van der Waals surface area contributed by atoms with Crippen molar-refractivity contribution in [1.29, 1.82) is 0 Å². The Morgan fingerprint density at radius 2 is 1.78 bits per heavy atom. The summed E-state index contributed by atoms with van der Waals surface area (Å²) in [4.78, 5) is 12.5. The lowest BCUT2D eigenvalue weighted by molar-refractivity contribution is 0.0925. The molecule has 0 saturated carbocycles. The van der Waals surface area contributed by atoms with Gasteiger partial charge in [-0.1, -0.05) is 42.5 Å². The molecule has 0 aliphatic carbocycles. The van der Waals surface area contributed by atoms with Gasteiger partial charge in [0.15, 0.2) is 5.76 Å². The number of nitrogens with one attached hydrogen (secondary N) is 1. The fourth-order valence-corrected chi connectivity index (χ4v) is 3.13. The Hall–Kier alpha value is -3.27. The molecule has 0 fully saturated rings. The van der Waals surface area contributed by atoms with E-state index in [1.165, 1.54) is 0 Å². The Kier molecular flexibility index (Phi) is 4.55. The number of benzene rings is 3. The molecule has 0 atom stereocenters. The number of carbonyl (C=O) groups is 1. The zero-order valence-corrected chi connectivity index (χ0v) is 15.4. The van der Waals surface area contributed by atoms with Gasteiger partial charge in [-0.25, -0.2) is 0 Å². The number of hydrogen-bond donors (Lipinski definition) is 1. The maximum atomic E-state index is 12.5. The van der Waals surface area contributed by atoms with E-state index in [4.69, 9.17) is 9.15 Å². The van der Waals surface area contributed by atoms with Gasteiger partial charge in [0, 0.05) is 11.9 Å². The van der Waals surface area contributed by atoms with Gasteiger partial charge >= 0.3 is 0 Å². The van der Waals surface area contributed by atoms with Crippen LogP contribution in [0.3, 0.4) is 0 Å². The summed E-state index contributed by atoms with van der Waals surface area (Å²) in [5.41, 5.74) is 1.72. The quantitative estimate of drug-likeness (QED) is 0.526. The van der Waals surface area contributed by atoms with Crippen molar-refractivity contribution in [2.75, 3.05) is 0 Å². The van der Waals surface area contributed by atoms with Crippen LogP contribution >= 0.6 is 0 Å². The summed E-state index contributed by atoms with van der Waals surface area (Å²) in [5.74, 6) is 0.920. The van der Waals surface area contributed by atoms with Crippen LogP contribution in [-0.4, -0.2) is 12.0 Å². The van der Waals surface area contributed by atoms with Crippen molar-refractivity contribution in [1.82, 2.24) is 5.32 Å². The molecule has 1 aromatic heterocycles. The van der Waals surface area contributed by atoms with Gasteiger partial charge in [-0.15, -0.1) is 0 Å². The van der Waals surface area contributed by atoms with Crippen molar-refractivity contribution in [3.8, 4) is 5.75 Å². The van der Waals surface area contributed by atoms with Crippen molar-refractivity contribution >= 4 is 27.6 Å². The van der Waals surface area contributed by atoms with Crippen molar-refractivity contribution in [2.24, 2.45) is 0 Å². The minimum Gasteiger partial charge on any atom is -0.491 e. The number of furan rings is 1. The number of amides is 1. The lowest BCUT2D eigenvalue weighted by atomic mass is 10.1. The third kappa shape index (κ3) is 3.65. The lowest BCUT2D eigenvalue weighted by Crippen LogP contribution is -2.22. The van der Waals surface area contributed by atoms with E-state index < -0.39 is 0 Å². The second kappa shape index (κ2) is 7.16. The van der Waals surface area contributed by atoms with Crippen LogP contribution in [-0.2, 0) is 6.54 Å². The van der Waals surface area contributed by atoms with Crippen molar-refractivity contribution in [2.45, 2.75) is 26.5 Å². The molecular weight excluding hydrogens is 338 g/mol. The van der Waals surface area contributed by atoms with Gasteiger partial charge in [-0.3, -0.25) is 4.79 Å². The van der Waals surface area contributed by atoms with Crippen molar-refractivity contribution in [3.63, 3.8) is 0 Å². The van der Waals surface area contributed by atoms with E-state index in [1.807, 2.05) is 80.6 Å². The molecule has 1 N–H and O–H groups in total. The highest BCUT2D eigenvalue weighted by Crippen LogP contribution is 2.28. The summed E-state index contributed by atoms with van der Waals surface area (Å²) in [5, 5.41) is 6.07. The molecule has 3 aromatic carbocycles. The zero-order chi connectivity index (χ0) is 18.8. The maximum Gasteiger partial charge on any atom is 0.287 e. The number of hydrogen-bond acceptors (Lipinski definition) is 3. The molecule has 1 amide bonds. The van der Waals surface area contributed by atoms with E-state index in [0.717, 1.165) is 27.5 Å². The van der Waals surface area contributed by atoms with Gasteiger partial charge in [-0.2, -0.15) is 0 Å². The van der Waals surface area contributed by atoms with Crippen LogP contribution in [0.2, 0.25) is 0 Å². The Labute approximate surface area is 157 Å². The van der Waals surface area contributed by atoms with Gasteiger partial charge in [0.05, 0.1) is 6.10 Å². The minimum absolute atomic E-state index is 0.139. The first kappa shape index (κ1) is 17.2. The van der Waals surface area contributed by atoms with Crippen LogP contribution < -0.4 is 10.1 Å². The Balaban J connectivity index is 1.49. The molecule has 4 nitrogen and oxygen atoms in total. The average Bonchev–Trinajstić information content (AvgIpc) is 3.12. The molecule has 4 rings (SSSR count). The third-order valence-corrected chi connectivity index (χ3v) is 4.40. The molecule has 0 aliphatic heterocycles. The average molecular weight is 359 g/mol. The van der Waals surface area contributed by atoms with E-state index in [0.29, 0.717) is 17.9 Å². The van der Waals surface area contributed by atoms with E-state index >= 15 is 0 Å². The largest absolute Gasteiger partial charge is 0.491 e. The van der Waals surface area contributed by atoms with Crippen LogP contribution in [0.4, 0.5) is 0 Å². The summed E-state index contributed by atoms with van der Waals surface area (Å²) < 4.78 is 11.4. The summed E-state index contributed by atoms with van der Waals surface area (Å²) in [6.07, 6.45) is 0.139. The molecule has 0 unspecified atom stereocenters. The Bertz CT molecular complexity index is 1090. The minimum atomic E-state index is -0.224. The zero-order valence-electron chi connectivity index (χ0n) is 15.4. The highest BCUT2D eigenvalue weighted by Gasteiger charge is 2.13. The summed E-state index contributed by atoms with van der Waals surface area (Å²) >= 11 is 0. The third-order valence-electron chi connectivity index (χ3n) is 4.40. The first-order chi connectivity index (χ1) is 13.1. The van der Waals surface area contributed by atoms with Crippen LogP contribution in [0, 0.1) is 0 Å². The Morgan fingerprint density at radius 3 is 2.56 bits per heavy atom. The molecule has 0 bridgehead atoms. The highest BCUT2D eigenvalue weighted by molar-refractivity contribution is 6.08. The normalized spacial score (nSPS) is 11.2. The first-order valence-corrected chi connectivity index (χ1v) is 9.05. The SMILES string of the molecule is CC(C)Oc1ccc(CNC(=O)c2cc3c(ccc4ccccc43)o2)cc1. The number of fused-ring (bicyclic) bond motifs is 3. The Morgan fingerprint density at radius 1 is 1.00 bits per heavy atom. The maximum absolute atomic E-state index is 12.5. The number of rotatable bonds is 5. The smallest absolute Gasteiger partial charge is 0.287 e.